The van der Waals surface area contributed by atoms with Gasteiger partial charge in [0.25, 0.3) is 0 Å². The molecule has 0 aliphatic heterocycles. The molecule has 1 aromatic carbocycles. The summed E-state index contributed by atoms with van der Waals surface area (Å²) in [5.41, 5.74) is 2.13. The highest BCUT2D eigenvalue weighted by atomic mass is 35.5. The number of nitrogens with zero attached hydrogens (tertiary/aromatic N) is 1. The fraction of sp³-hybridized carbons (Fsp3) is 0.143. The predicted octanol–water partition coefficient (Wildman–Crippen LogP) is 2.72. The van der Waals surface area contributed by atoms with Crippen molar-refractivity contribution in [2.45, 2.75) is 13.1 Å². The molecular weight excluding hydrogens is 264 g/mol. The number of rotatable bonds is 5. The Morgan fingerprint density at radius 3 is 2.47 bits per heavy atom. The van der Waals surface area contributed by atoms with Crippen molar-refractivity contribution in [2.75, 3.05) is 0 Å². The molecule has 0 saturated heterocycles. The molecule has 0 fully saturated rings. The fourth-order valence-corrected chi connectivity index (χ4v) is 1.72. The average molecular weight is 277 g/mol. The van der Waals surface area contributed by atoms with E-state index in [-0.39, 0.29) is 5.56 Å². The lowest BCUT2D eigenvalue weighted by molar-refractivity contribution is 0.0696. The second-order valence-corrected chi connectivity index (χ2v) is 4.51. The highest BCUT2D eigenvalue weighted by molar-refractivity contribution is 6.30. The minimum absolute atomic E-state index is 0.196. The molecule has 0 saturated carbocycles. The van der Waals surface area contributed by atoms with Crippen molar-refractivity contribution in [3.8, 4) is 0 Å². The Bertz CT molecular complexity index is 553. The molecule has 5 heteroatoms. The van der Waals surface area contributed by atoms with E-state index >= 15 is 0 Å². The lowest BCUT2D eigenvalue weighted by atomic mass is 10.2. The third kappa shape index (κ3) is 4.05. The Labute approximate surface area is 116 Å². The maximum Gasteiger partial charge on any atom is 0.337 e. The summed E-state index contributed by atoms with van der Waals surface area (Å²) in [4.78, 5) is 14.8. The summed E-state index contributed by atoms with van der Waals surface area (Å²) in [7, 11) is 0. The first-order valence-corrected chi connectivity index (χ1v) is 6.16. The van der Waals surface area contributed by atoms with Crippen LogP contribution in [-0.2, 0) is 13.1 Å². The molecule has 0 aliphatic carbocycles. The first kappa shape index (κ1) is 13.5. The number of halogens is 1. The van der Waals surface area contributed by atoms with Crippen molar-refractivity contribution in [3.05, 3.63) is 64.4 Å². The molecular formula is C14H13ClN2O2. The van der Waals surface area contributed by atoms with Crippen LogP contribution in [0.5, 0.6) is 0 Å². The Kier molecular flexibility index (Phi) is 4.49. The molecule has 4 nitrogen and oxygen atoms in total. The van der Waals surface area contributed by atoms with E-state index in [0.717, 1.165) is 16.3 Å². The highest BCUT2D eigenvalue weighted by Gasteiger charge is 2.02. The topological polar surface area (TPSA) is 62.2 Å². The predicted molar refractivity (Wildman–Crippen MR) is 73.2 cm³/mol. The summed E-state index contributed by atoms with van der Waals surface area (Å²) in [6.07, 6.45) is 1.36. The minimum atomic E-state index is -0.965. The van der Waals surface area contributed by atoms with Crippen LogP contribution in [0.1, 0.15) is 21.6 Å². The zero-order valence-electron chi connectivity index (χ0n) is 10.1. The van der Waals surface area contributed by atoms with Crippen molar-refractivity contribution in [1.29, 1.82) is 0 Å². The Morgan fingerprint density at radius 1 is 1.16 bits per heavy atom. The number of hydrogen-bond acceptors (Lipinski definition) is 3. The monoisotopic (exact) mass is 276 g/mol. The molecule has 1 aromatic heterocycles. The second kappa shape index (κ2) is 6.31. The summed E-state index contributed by atoms with van der Waals surface area (Å²) < 4.78 is 0. The molecule has 2 aromatic rings. The van der Waals surface area contributed by atoms with Crippen LogP contribution in [0.25, 0.3) is 0 Å². The van der Waals surface area contributed by atoms with Crippen LogP contribution in [0.15, 0.2) is 42.6 Å². The molecule has 0 radical (unpaired) electrons. The summed E-state index contributed by atoms with van der Waals surface area (Å²) in [6, 6.07) is 10.9. The summed E-state index contributed by atoms with van der Waals surface area (Å²) in [5.74, 6) is -0.965. The fourth-order valence-electron chi connectivity index (χ4n) is 1.59. The van der Waals surface area contributed by atoms with Crippen LogP contribution >= 0.6 is 11.6 Å². The largest absolute Gasteiger partial charge is 0.478 e. The van der Waals surface area contributed by atoms with Crippen LogP contribution in [0.2, 0.25) is 5.02 Å². The van der Waals surface area contributed by atoms with Gasteiger partial charge in [-0.25, -0.2) is 4.79 Å². The number of carboxylic acid groups (broad SMARTS) is 1. The molecule has 98 valence electrons. The van der Waals surface area contributed by atoms with Gasteiger partial charge in [0.05, 0.1) is 11.3 Å². The van der Waals surface area contributed by atoms with E-state index in [0.29, 0.717) is 13.1 Å². The normalized spacial score (nSPS) is 10.4. The van der Waals surface area contributed by atoms with Gasteiger partial charge < -0.3 is 10.4 Å². The molecule has 0 aliphatic rings. The van der Waals surface area contributed by atoms with Crippen LogP contribution in [0.3, 0.4) is 0 Å². The number of nitrogens with one attached hydrogen (secondary N) is 1. The molecule has 0 spiro atoms. The van der Waals surface area contributed by atoms with Crippen molar-refractivity contribution >= 4 is 17.6 Å². The van der Waals surface area contributed by atoms with Crippen LogP contribution in [-0.4, -0.2) is 16.1 Å². The van der Waals surface area contributed by atoms with Crippen molar-refractivity contribution in [1.82, 2.24) is 10.3 Å². The van der Waals surface area contributed by atoms with E-state index in [1.807, 2.05) is 24.3 Å². The van der Waals surface area contributed by atoms with E-state index < -0.39 is 5.97 Å². The van der Waals surface area contributed by atoms with Crippen molar-refractivity contribution in [3.63, 3.8) is 0 Å². The molecule has 0 amide bonds. The lowest BCUT2D eigenvalue weighted by Crippen LogP contribution is -2.13. The van der Waals surface area contributed by atoms with E-state index in [1.165, 1.54) is 6.20 Å². The van der Waals surface area contributed by atoms with Gasteiger partial charge in [-0.15, -0.1) is 0 Å². The number of benzene rings is 1. The minimum Gasteiger partial charge on any atom is -0.478 e. The maximum absolute atomic E-state index is 10.7. The first-order chi connectivity index (χ1) is 9.15. The van der Waals surface area contributed by atoms with Gasteiger partial charge in [-0.1, -0.05) is 23.7 Å². The third-order valence-corrected chi connectivity index (χ3v) is 2.87. The quantitative estimate of drug-likeness (QED) is 0.881. The third-order valence-electron chi connectivity index (χ3n) is 2.62. The van der Waals surface area contributed by atoms with Gasteiger partial charge in [-0.2, -0.15) is 0 Å². The highest BCUT2D eigenvalue weighted by Crippen LogP contribution is 2.09. The molecule has 0 unspecified atom stereocenters. The number of aromatic carboxylic acids is 1. The van der Waals surface area contributed by atoms with Crippen LogP contribution in [0, 0.1) is 0 Å². The number of carbonyl (C=O) groups is 1. The summed E-state index contributed by atoms with van der Waals surface area (Å²) in [6.45, 7) is 1.29. The van der Waals surface area contributed by atoms with E-state index in [9.17, 15) is 4.79 Å². The molecule has 1 heterocycles. The Hall–Kier alpha value is -1.91. The van der Waals surface area contributed by atoms with E-state index in [2.05, 4.69) is 10.3 Å². The van der Waals surface area contributed by atoms with Gasteiger partial charge >= 0.3 is 5.97 Å². The number of aromatic nitrogens is 1. The molecule has 0 bridgehead atoms. The lowest BCUT2D eigenvalue weighted by Gasteiger charge is -2.05. The van der Waals surface area contributed by atoms with Crippen molar-refractivity contribution < 1.29 is 9.90 Å². The smallest absolute Gasteiger partial charge is 0.337 e. The molecule has 2 rings (SSSR count). The van der Waals surface area contributed by atoms with E-state index in [4.69, 9.17) is 16.7 Å². The zero-order valence-corrected chi connectivity index (χ0v) is 10.9. The Morgan fingerprint density at radius 2 is 1.89 bits per heavy atom. The zero-order chi connectivity index (χ0) is 13.7. The maximum atomic E-state index is 10.7. The number of carboxylic acids is 1. The first-order valence-electron chi connectivity index (χ1n) is 5.78. The average Bonchev–Trinajstić information content (AvgIpc) is 2.41. The summed E-state index contributed by atoms with van der Waals surface area (Å²) >= 11 is 5.80. The SMILES string of the molecule is O=C(O)c1ccc(CNCc2ccc(Cl)cc2)nc1. The van der Waals surface area contributed by atoms with Gasteiger partial charge in [-0.3, -0.25) is 4.98 Å². The Balaban J connectivity index is 1.85. The van der Waals surface area contributed by atoms with Gasteiger partial charge in [-0.05, 0) is 29.8 Å². The number of hydrogen-bond donors (Lipinski definition) is 2. The molecule has 19 heavy (non-hydrogen) atoms. The van der Waals surface area contributed by atoms with Gasteiger partial charge in [0.1, 0.15) is 0 Å². The van der Waals surface area contributed by atoms with Crippen molar-refractivity contribution in [2.24, 2.45) is 0 Å². The van der Waals surface area contributed by atoms with E-state index in [1.54, 1.807) is 12.1 Å². The second-order valence-electron chi connectivity index (χ2n) is 4.07. The van der Waals surface area contributed by atoms with Gasteiger partial charge in [0.2, 0.25) is 0 Å². The van der Waals surface area contributed by atoms with Gasteiger partial charge in [0, 0.05) is 24.3 Å². The van der Waals surface area contributed by atoms with Gasteiger partial charge in [0.15, 0.2) is 0 Å². The number of pyridine rings is 1. The molecule has 2 N–H and O–H groups in total. The van der Waals surface area contributed by atoms with Crippen LogP contribution < -0.4 is 5.32 Å². The summed E-state index contributed by atoms with van der Waals surface area (Å²) in [5, 5.41) is 12.7. The van der Waals surface area contributed by atoms with Crippen LogP contribution in [0.4, 0.5) is 0 Å². The molecule has 0 atom stereocenters. The standard InChI is InChI=1S/C14H13ClN2O2/c15-12-4-1-10(2-5-12)7-16-9-13-6-3-11(8-17-13)14(18)19/h1-6,8,16H,7,9H2,(H,18,19).